The summed E-state index contributed by atoms with van der Waals surface area (Å²) in [6, 6.07) is 20.9. The van der Waals surface area contributed by atoms with Gasteiger partial charge in [0.15, 0.2) is 0 Å². The molecule has 1 N–H and O–H groups in total. The van der Waals surface area contributed by atoms with Crippen molar-refractivity contribution in [2.24, 2.45) is 0 Å². The first-order valence-corrected chi connectivity index (χ1v) is 11.7. The molecule has 1 fully saturated rings. The van der Waals surface area contributed by atoms with Crippen LogP contribution in [-0.2, 0) is 16.0 Å². The molecule has 1 saturated heterocycles. The lowest BCUT2D eigenvalue weighted by Crippen LogP contribution is -2.30. The zero-order valence-electron chi connectivity index (χ0n) is 17.5. The number of halogens is 3. The van der Waals surface area contributed by atoms with Gasteiger partial charge in [-0.15, -0.1) is 0 Å². The van der Waals surface area contributed by atoms with Gasteiger partial charge >= 0.3 is 0 Å². The zero-order chi connectivity index (χ0) is 24.2. The van der Waals surface area contributed by atoms with Crippen LogP contribution in [0, 0.1) is 17.1 Å². The molecule has 1 aliphatic rings. The molecular weight excluding hydrogens is 496 g/mol. The van der Waals surface area contributed by atoms with Gasteiger partial charge in [-0.25, -0.2) is 4.39 Å². The summed E-state index contributed by atoms with van der Waals surface area (Å²) in [4.78, 5) is 27.8. The second-order valence-electron chi connectivity index (χ2n) is 7.31. The molecule has 0 saturated carbocycles. The van der Waals surface area contributed by atoms with Crippen molar-refractivity contribution in [3.63, 3.8) is 0 Å². The van der Waals surface area contributed by atoms with Gasteiger partial charge in [0.2, 0.25) is 5.91 Å². The summed E-state index contributed by atoms with van der Waals surface area (Å²) in [5.41, 5.74) is 1.30. The number of benzene rings is 3. The highest BCUT2D eigenvalue weighted by molar-refractivity contribution is 8.05. The summed E-state index contributed by atoms with van der Waals surface area (Å²) < 4.78 is 13.2. The molecule has 0 spiro atoms. The van der Waals surface area contributed by atoms with Gasteiger partial charge in [-0.2, -0.15) is 5.26 Å². The van der Waals surface area contributed by atoms with Crippen LogP contribution in [0.3, 0.4) is 0 Å². The largest absolute Gasteiger partial charge is 0.321 e. The van der Waals surface area contributed by atoms with Crippen molar-refractivity contribution in [3.8, 4) is 6.07 Å². The molecule has 9 heteroatoms. The number of hydrogen-bond acceptors (Lipinski definition) is 4. The molecule has 3 aromatic carbocycles. The first-order chi connectivity index (χ1) is 16.4. The van der Waals surface area contributed by atoms with Crippen LogP contribution >= 0.6 is 35.0 Å². The average Bonchev–Trinajstić information content (AvgIpc) is 3.14. The van der Waals surface area contributed by atoms with E-state index in [1.54, 1.807) is 48.5 Å². The minimum Gasteiger partial charge on any atom is -0.321 e. The highest BCUT2D eigenvalue weighted by Crippen LogP contribution is 2.42. The van der Waals surface area contributed by atoms with Crippen molar-refractivity contribution in [2.45, 2.75) is 11.7 Å². The Morgan fingerprint density at radius 2 is 1.79 bits per heavy atom. The lowest BCUT2D eigenvalue weighted by atomic mass is 10.1. The van der Waals surface area contributed by atoms with E-state index in [2.05, 4.69) is 5.32 Å². The van der Waals surface area contributed by atoms with E-state index >= 15 is 0 Å². The second-order valence-corrected chi connectivity index (χ2v) is 9.34. The molecule has 1 atom stereocenters. The Kier molecular flexibility index (Phi) is 7.23. The number of rotatable bonds is 5. The first-order valence-electron chi connectivity index (χ1n) is 10.1. The van der Waals surface area contributed by atoms with Crippen LogP contribution in [0.4, 0.5) is 15.8 Å². The fraction of sp³-hybridized carbons (Fsp3) is 0.0800. The number of amides is 2. The Morgan fingerprint density at radius 1 is 1.09 bits per heavy atom. The maximum Gasteiger partial charge on any atom is 0.269 e. The van der Waals surface area contributed by atoms with Crippen molar-refractivity contribution in [1.29, 1.82) is 5.26 Å². The van der Waals surface area contributed by atoms with Crippen LogP contribution in [0.1, 0.15) is 5.56 Å². The standard InChI is InChI=1S/C25H16Cl2FN3O2S/c26-16-6-11-21(27)15(12-16)13-22-24(33)31(19-4-2-1-3-5-19)25(34-22)20(14-29)23(32)30-18-9-7-17(28)8-10-18/h1-12,22H,13H2,(H,30,32)/b25-20-/t22-/m1/s1. The molecule has 34 heavy (non-hydrogen) atoms. The Balaban J connectivity index is 1.72. The zero-order valence-corrected chi connectivity index (χ0v) is 19.8. The van der Waals surface area contributed by atoms with Crippen LogP contribution < -0.4 is 10.2 Å². The van der Waals surface area contributed by atoms with Crippen LogP contribution in [-0.4, -0.2) is 17.1 Å². The molecule has 2 amide bonds. The molecular formula is C25H16Cl2FN3O2S. The summed E-state index contributed by atoms with van der Waals surface area (Å²) in [6.45, 7) is 0. The van der Waals surface area contributed by atoms with Gasteiger partial charge in [-0.05, 0) is 66.6 Å². The van der Waals surface area contributed by atoms with E-state index in [0.29, 0.717) is 27.0 Å². The topological polar surface area (TPSA) is 73.2 Å². The summed E-state index contributed by atoms with van der Waals surface area (Å²) >= 11 is 13.5. The van der Waals surface area contributed by atoms with E-state index in [0.717, 1.165) is 11.8 Å². The molecule has 4 rings (SSSR count). The van der Waals surface area contributed by atoms with Gasteiger partial charge < -0.3 is 5.32 Å². The quantitative estimate of drug-likeness (QED) is 0.327. The number of carbonyl (C=O) groups excluding carboxylic acids is 2. The number of anilines is 2. The molecule has 1 heterocycles. The molecule has 5 nitrogen and oxygen atoms in total. The number of carbonyl (C=O) groups is 2. The van der Waals surface area contributed by atoms with Crippen LogP contribution in [0.25, 0.3) is 0 Å². The number of thioether (sulfide) groups is 1. The third kappa shape index (κ3) is 5.10. The Morgan fingerprint density at radius 3 is 2.47 bits per heavy atom. The van der Waals surface area contributed by atoms with Gasteiger partial charge in [0.1, 0.15) is 22.5 Å². The minimum absolute atomic E-state index is 0.210. The molecule has 0 aromatic heterocycles. The highest BCUT2D eigenvalue weighted by Gasteiger charge is 2.41. The third-order valence-corrected chi connectivity index (χ3v) is 6.90. The SMILES string of the molecule is N#C/C(C(=O)Nc1ccc(F)cc1)=C1/S[C@H](Cc2cc(Cl)ccc2Cl)C(=O)N1c1ccccc1. The minimum atomic E-state index is -0.702. The lowest BCUT2D eigenvalue weighted by molar-refractivity contribution is -0.117. The fourth-order valence-corrected chi connectivity index (χ4v) is 5.11. The van der Waals surface area contributed by atoms with Gasteiger partial charge in [0.25, 0.3) is 5.91 Å². The Hall–Kier alpha value is -3.31. The van der Waals surface area contributed by atoms with Crippen molar-refractivity contribution in [3.05, 3.63) is 105 Å². The van der Waals surface area contributed by atoms with E-state index < -0.39 is 17.0 Å². The summed E-state index contributed by atoms with van der Waals surface area (Å²) in [5, 5.41) is 13.0. The first kappa shape index (κ1) is 23.8. The highest BCUT2D eigenvalue weighted by atomic mass is 35.5. The Bertz CT molecular complexity index is 1320. The van der Waals surface area contributed by atoms with Gasteiger partial charge in [0, 0.05) is 21.4 Å². The maximum atomic E-state index is 13.5. The van der Waals surface area contributed by atoms with Gasteiger partial charge in [-0.1, -0.05) is 53.2 Å². The molecule has 0 aliphatic carbocycles. The molecule has 3 aromatic rings. The van der Waals surface area contributed by atoms with E-state index in [9.17, 15) is 19.2 Å². The normalized spacial score (nSPS) is 16.8. The van der Waals surface area contributed by atoms with E-state index in [4.69, 9.17) is 23.2 Å². The molecule has 0 radical (unpaired) electrons. The monoisotopic (exact) mass is 511 g/mol. The van der Waals surface area contributed by atoms with Crippen LogP contribution in [0.5, 0.6) is 0 Å². The summed E-state index contributed by atoms with van der Waals surface area (Å²) in [5.74, 6) is -1.44. The van der Waals surface area contributed by atoms with Crippen molar-refractivity contribution in [1.82, 2.24) is 0 Å². The van der Waals surface area contributed by atoms with Crippen molar-refractivity contribution in [2.75, 3.05) is 10.2 Å². The lowest BCUT2D eigenvalue weighted by Gasteiger charge is -2.18. The van der Waals surface area contributed by atoms with Crippen molar-refractivity contribution >= 4 is 58.2 Å². The van der Waals surface area contributed by atoms with Gasteiger partial charge in [0.05, 0.1) is 5.25 Å². The van der Waals surface area contributed by atoms with Crippen molar-refractivity contribution < 1.29 is 14.0 Å². The third-order valence-electron chi connectivity index (χ3n) is 5.04. The van der Waals surface area contributed by atoms with E-state index in [-0.39, 0.29) is 22.9 Å². The summed E-state index contributed by atoms with van der Waals surface area (Å²) in [6.07, 6.45) is 0.258. The van der Waals surface area contributed by atoms with Gasteiger partial charge in [-0.3, -0.25) is 14.5 Å². The average molecular weight is 512 g/mol. The Labute approximate surface area is 209 Å². The second kappa shape index (κ2) is 10.3. The molecule has 0 unspecified atom stereocenters. The molecule has 0 bridgehead atoms. The van der Waals surface area contributed by atoms with Crippen LogP contribution in [0.2, 0.25) is 10.0 Å². The number of nitrogens with zero attached hydrogens (tertiary/aromatic N) is 2. The smallest absolute Gasteiger partial charge is 0.269 e. The fourth-order valence-electron chi connectivity index (χ4n) is 3.43. The number of hydrogen-bond donors (Lipinski definition) is 1. The maximum absolute atomic E-state index is 13.5. The predicted molar refractivity (Wildman–Crippen MR) is 133 cm³/mol. The molecule has 1 aliphatic heterocycles. The predicted octanol–water partition coefficient (Wildman–Crippen LogP) is 6.20. The number of nitriles is 1. The van der Waals surface area contributed by atoms with E-state index in [1.807, 2.05) is 6.07 Å². The summed E-state index contributed by atoms with van der Waals surface area (Å²) in [7, 11) is 0. The number of para-hydroxylation sites is 1. The number of nitrogens with one attached hydrogen (secondary N) is 1. The van der Waals surface area contributed by atoms with Crippen LogP contribution in [0.15, 0.2) is 83.4 Å². The molecule has 170 valence electrons. The van der Waals surface area contributed by atoms with E-state index in [1.165, 1.54) is 29.2 Å².